The van der Waals surface area contributed by atoms with Gasteiger partial charge in [-0.2, -0.15) is 0 Å². The lowest BCUT2D eigenvalue weighted by atomic mass is 10.3. The highest BCUT2D eigenvalue weighted by Gasteiger charge is 2.12. The zero-order valence-corrected chi connectivity index (χ0v) is 8.40. The molecule has 2 heterocycles. The van der Waals surface area contributed by atoms with Gasteiger partial charge in [0.25, 0.3) is 0 Å². The molecule has 15 heavy (non-hydrogen) atoms. The van der Waals surface area contributed by atoms with Gasteiger partial charge in [-0.25, -0.2) is 9.78 Å². The standard InChI is InChI=1S/C10H10N2O3/c1-14-8-3-4-11-9-6(8)5-7(12-9)10(13)15-2/h3-5H,1-2H3,(H,11,12). The second kappa shape index (κ2) is 3.61. The normalized spacial score (nSPS) is 10.3. The summed E-state index contributed by atoms with van der Waals surface area (Å²) < 4.78 is 9.74. The van der Waals surface area contributed by atoms with Crippen molar-refractivity contribution in [3.05, 3.63) is 24.0 Å². The van der Waals surface area contributed by atoms with E-state index in [4.69, 9.17) is 4.74 Å². The van der Waals surface area contributed by atoms with E-state index in [-0.39, 0.29) is 0 Å². The number of H-pyrrole nitrogens is 1. The summed E-state index contributed by atoms with van der Waals surface area (Å²) in [5.74, 6) is 0.251. The number of aromatic amines is 1. The predicted molar refractivity (Wildman–Crippen MR) is 54.0 cm³/mol. The van der Waals surface area contributed by atoms with E-state index in [0.717, 1.165) is 5.39 Å². The van der Waals surface area contributed by atoms with Crippen molar-refractivity contribution in [1.29, 1.82) is 0 Å². The molecule has 1 N–H and O–H groups in total. The van der Waals surface area contributed by atoms with Crippen LogP contribution in [0.3, 0.4) is 0 Å². The Morgan fingerprint density at radius 3 is 2.93 bits per heavy atom. The maximum absolute atomic E-state index is 11.3. The molecule has 0 saturated heterocycles. The van der Waals surface area contributed by atoms with Crippen LogP contribution in [0.4, 0.5) is 0 Å². The van der Waals surface area contributed by atoms with Crippen molar-refractivity contribution in [2.24, 2.45) is 0 Å². The van der Waals surface area contributed by atoms with Gasteiger partial charge in [0.1, 0.15) is 17.1 Å². The third-order valence-corrected chi connectivity index (χ3v) is 2.12. The maximum atomic E-state index is 11.3. The Balaban J connectivity index is 2.60. The zero-order chi connectivity index (χ0) is 10.8. The fourth-order valence-corrected chi connectivity index (χ4v) is 1.40. The van der Waals surface area contributed by atoms with Crippen molar-refractivity contribution < 1.29 is 14.3 Å². The van der Waals surface area contributed by atoms with Gasteiger partial charge < -0.3 is 14.5 Å². The second-order valence-corrected chi connectivity index (χ2v) is 2.95. The second-order valence-electron chi connectivity index (χ2n) is 2.95. The van der Waals surface area contributed by atoms with Crippen molar-refractivity contribution in [2.45, 2.75) is 0 Å². The molecule has 2 rings (SSSR count). The lowest BCUT2D eigenvalue weighted by Crippen LogP contribution is -2.00. The monoisotopic (exact) mass is 206 g/mol. The SMILES string of the molecule is COC(=O)c1cc2c(OC)ccnc2[nH]1. The lowest BCUT2D eigenvalue weighted by Gasteiger charge is -1.98. The van der Waals surface area contributed by atoms with E-state index in [9.17, 15) is 4.79 Å². The number of esters is 1. The number of ether oxygens (including phenoxy) is 2. The molecular formula is C10H10N2O3. The van der Waals surface area contributed by atoms with E-state index in [2.05, 4.69) is 14.7 Å². The molecule has 0 aliphatic carbocycles. The molecule has 0 bridgehead atoms. The van der Waals surface area contributed by atoms with Crippen LogP contribution in [-0.4, -0.2) is 30.2 Å². The Morgan fingerprint density at radius 1 is 1.47 bits per heavy atom. The first-order valence-corrected chi connectivity index (χ1v) is 4.36. The van der Waals surface area contributed by atoms with E-state index in [1.807, 2.05) is 0 Å². The van der Waals surface area contributed by atoms with Gasteiger partial charge in [0.15, 0.2) is 0 Å². The van der Waals surface area contributed by atoms with Crippen LogP contribution < -0.4 is 4.74 Å². The minimum absolute atomic E-state index is 0.365. The van der Waals surface area contributed by atoms with E-state index >= 15 is 0 Å². The maximum Gasteiger partial charge on any atom is 0.354 e. The number of carbonyl (C=O) groups excluding carboxylic acids is 1. The van der Waals surface area contributed by atoms with Crippen LogP contribution in [0.25, 0.3) is 11.0 Å². The van der Waals surface area contributed by atoms with Gasteiger partial charge in [0, 0.05) is 6.20 Å². The summed E-state index contributed by atoms with van der Waals surface area (Å²) in [4.78, 5) is 18.2. The average molecular weight is 206 g/mol. The van der Waals surface area contributed by atoms with Crippen LogP contribution in [0.1, 0.15) is 10.5 Å². The van der Waals surface area contributed by atoms with Gasteiger partial charge in [-0.05, 0) is 12.1 Å². The fourth-order valence-electron chi connectivity index (χ4n) is 1.40. The third-order valence-electron chi connectivity index (χ3n) is 2.12. The lowest BCUT2D eigenvalue weighted by molar-refractivity contribution is 0.0595. The van der Waals surface area contributed by atoms with E-state index in [1.54, 1.807) is 25.4 Å². The van der Waals surface area contributed by atoms with Crippen molar-refractivity contribution >= 4 is 17.0 Å². The molecule has 0 unspecified atom stereocenters. The molecule has 2 aromatic rings. The van der Waals surface area contributed by atoms with E-state index in [1.165, 1.54) is 7.11 Å². The Labute approximate surface area is 86.0 Å². The quantitative estimate of drug-likeness (QED) is 0.753. The Morgan fingerprint density at radius 2 is 2.27 bits per heavy atom. The summed E-state index contributed by atoms with van der Waals surface area (Å²) in [6.45, 7) is 0. The highest BCUT2D eigenvalue weighted by molar-refractivity contribution is 5.95. The number of rotatable bonds is 2. The molecular weight excluding hydrogens is 196 g/mol. The van der Waals surface area contributed by atoms with Crippen molar-refractivity contribution in [1.82, 2.24) is 9.97 Å². The van der Waals surface area contributed by atoms with E-state index in [0.29, 0.717) is 17.1 Å². The highest BCUT2D eigenvalue weighted by atomic mass is 16.5. The molecule has 5 nitrogen and oxygen atoms in total. The van der Waals surface area contributed by atoms with Gasteiger partial charge >= 0.3 is 5.97 Å². The number of hydrogen-bond donors (Lipinski definition) is 1. The molecule has 0 aliphatic rings. The van der Waals surface area contributed by atoms with Crippen molar-refractivity contribution in [3.63, 3.8) is 0 Å². The van der Waals surface area contributed by atoms with Crippen LogP contribution in [-0.2, 0) is 4.74 Å². The number of methoxy groups -OCH3 is 2. The van der Waals surface area contributed by atoms with Crippen LogP contribution in [0.2, 0.25) is 0 Å². The van der Waals surface area contributed by atoms with Crippen LogP contribution in [0.5, 0.6) is 5.75 Å². The summed E-state index contributed by atoms with van der Waals surface area (Å²) in [5, 5.41) is 0.764. The molecule has 0 saturated carbocycles. The average Bonchev–Trinajstić information content (AvgIpc) is 2.71. The van der Waals surface area contributed by atoms with Crippen LogP contribution in [0, 0.1) is 0 Å². The molecule has 0 aliphatic heterocycles. The molecule has 0 spiro atoms. The van der Waals surface area contributed by atoms with Gasteiger partial charge in [-0.3, -0.25) is 0 Å². The van der Waals surface area contributed by atoms with E-state index < -0.39 is 5.97 Å². The molecule has 0 fully saturated rings. The van der Waals surface area contributed by atoms with Gasteiger partial charge in [-0.15, -0.1) is 0 Å². The summed E-state index contributed by atoms with van der Waals surface area (Å²) in [6, 6.07) is 3.39. The summed E-state index contributed by atoms with van der Waals surface area (Å²) in [6.07, 6.45) is 1.61. The Hall–Kier alpha value is -2.04. The number of pyridine rings is 1. The number of nitrogens with zero attached hydrogens (tertiary/aromatic N) is 1. The first-order valence-electron chi connectivity index (χ1n) is 4.36. The van der Waals surface area contributed by atoms with Crippen molar-refractivity contribution in [2.75, 3.05) is 14.2 Å². The largest absolute Gasteiger partial charge is 0.496 e. The van der Waals surface area contributed by atoms with Crippen LogP contribution >= 0.6 is 0 Å². The van der Waals surface area contributed by atoms with Gasteiger partial charge in [0.05, 0.1) is 19.6 Å². The van der Waals surface area contributed by atoms with Gasteiger partial charge in [-0.1, -0.05) is 0 Å². The zero-order valence-electron chi connectivity index (χ0n) is 8.40. The minimum Gasteiger partial charge on any atom is -0.496 e. The molecule has 0 atom stereocenters. The summed E-state index contributed by atoms with van der Waals surface area (Å²) >= 11 is 0. The first kappa shape index (κ1) is 9.51. The summed E-state index contributed by atoms with van der Waals surface area (Å²) in [5.41, 5.74) is 0.972. The number of hydrogen-bond acceptors (Lipinski definition) is 4. The topological polar surface area (TPSA) is 64.2 Å². The molecule has 2 aromatic heterocycles. The number of fused-ring (bicyclic) bond motifs is 1. The minimum atomic E-state index is -0.421. The number of nitrogens with one attached hydrogen (secondary N) is 1. The Bertz CT molecular complexity index is 504. The molecule has 5 heteroatoms. The third kappa shape index (κ3) is 1.52. The van der Waals surface area contributed by atoms with Crippen molar-refractivity contribution in [3.8, 4) is 5.75 Å². The molecule has 0 amide bonds. The number of carbonyl (C=O) groups is 1. The van der Waals surface area contributed by atoms with Crippen LogP contribution in [0.15, 0.2) is 18.3 Å². The first-order chi connectivity index (χ1) is 7.26. The smallest absolute Gasteiger partial charge is 0.354 e. The summed E-state index contributed by atoms with van der Waals surface area (Å²) in [7, 11) is 2.90. The highest BCUT2D eigenvalue weighted by Crippen LogP contribution is 2.24. The number of aromatic nitrogens is 2. The fraction of sp³-hybridized carbons (Fsp3) is 0.200. The molecule has 0 aromatic carbocycles. The molecule has 78 valence electrons. The predicted octanol–water partition coefficient (Wildman–Crippen LogP) is 1.36. The Kier molecular flexibility index (Phi) is 2.29. The van der Waals surface area contributed by atoms with Gasteiger partial charge in [0.2, 0.25) is 0 Å². The molecule has 0 radical (unpaired) electrons.